The van der Waals surface area contributed by atoms with Crippen molar-refractivity contribution >= 4 is 17.1 Å². The van der Waals surface area contributed by atoms with Crippen molar-refractivity contribution in [3.8, 4) is 5.69 Å². The summed E-state index contributed by atoms with van der Waals surface area (Å²) < 4.78 is 1.74. The number of carbonyl (C=O) groups excluding carboxylic acids is 1. The molecule has 3 aromatic rings. The summed E-state index contributed by atoms with van der Waals surface area (Å²) in [6, 6.07) is 12.3. The molecular weight excluding hydrogens is 224 g/mol. The van der Waals surface area contributed by atoms with Crippen molar-refractivity contribution in [2.45, 2.75) is 6.92 Å². The van der Waals surface area contributed by atoms with Gasteiger partial charge in [-0.2, -0.15) is 5.10 Å². The van der Waals surface area contributed by atoms with E-state index in [4.69, 9.17) is 0 Å². The fraction of sp³-hybridized carbons (Fsp3) is 0.0667. The van der Waals surface area contributed by atoms with E-state index < -0.39 is 0 Å². The van der Waals surface area contributed by atoms with Crippen molar-refractivity contribution in [2.75, 3.05) is 0 Å². The van der Waals surface area contributed by atoms with Gasteiger partial charge in [-0.25, -0.2) is 4.68 Å². The van der Waals surface area contributed by atoms with E-state index in [1.54, 1.807) is 17.1 Å². The summed E-state index contributed by atoms with van der Waals surface area (Å²) in [4.78, 5) is 10.7. The van der Waals surface area contributed by atoms with E-state index in [0.717, 1.165) is 17.4 Å². The van der Waals surface area contributed by atoms with Crippen molar-refractivity contribution in [2.24, 2.45) is 0 Å². The van der Waals surface area contributed by atoms with Crippen molar-refractivity contribution in [1.82, 2.24) is 9.78 Å². The van der Waals surface area contributed by atoms with Crippen LogP contribution in [0.3, 0.4) is 0 Å². The number of aryl methyl sites for hydroxylation is 1. The molecule has 0 spiro atoms. The number of benzene rings is 2. The minimum absolute atomic E-state index is 0.583. The minimum Gasteiger partial charge on any atom is -0.298 e. The molecule has 0 atom stereocenters. The highest BCUT2D eigenvalue weighted by Crippen LogP contribution is 2.24. The van der Waals surface area contributed by atoms with Crippen molar-refractivity contribution in [3.05, 3.63) is 59.9 Å². The largest absolute Gasteiger partial charge is 0.298 e. The van der Waals surface area contributed by atoms with Gasteiger partial charge in [0.25, 0.3) is 0 Å². The highest BCUT2D eigenvalue weighted by atomic mass is 16.1. The molecule has 0 unspecified atom stereocenters. The van der Waals surface area contributed by atoms with E-state index in [9.17, 15) is 4.79 Å². The number of aldehydes is 1. The molecule has 0 saturated carbocycles. The number of rotatable bonds is 2. The first-order chi connectivity index (χ1) is 8.79. The van der Waals surface area contributed by atoms with E-state index >= 15 is 0 Å². The zero-order chi connectivity index (χ0) is 12.5. The smallest absolute Gasteiger partial charge is 0.153 e. The van der Waals surface area contributed by atoms with Gasteiger partial charge in [-0.15, -0.1) is 0 Å². The summed E-state index contributed by atoms with van der Waals surface area (Å²) in [5.41, 5.74) is 2.81. The molecule has 0 aliphatic carbocycles. The number of carbonyl (C=O) groups is 1. The molecule has 0 saturated heterocycles. The lowest BCUT2D eigenvalue weighted by molar-refractivity contribution is 0.112. The van der Waals surface area contributed by atoms with Crippen LogP contribution in [0.2, 0.25) is 0 Å². The van der Waals surface area contributed by atoms with Crippen LogP contribution < -0.4 is 0 Å². The lowest BCUT2D eigenvalue weighted by Crippen LogP contribution is -1.96. The van der Waals surface area contributed by atoms with E-state index in [0.29, 0.717) is 5.56 Å². The molecule has 3 heteroatoms. The summed E-state index contributed by atoms with van der Waals surface area (Å²) in [6.45, 7) is 2.09. The molecule has 88 valence electrons. The van der Waals surface area contributed by atoms with Gasteiger partial charge in [-0.1, -0.05) is 30.3 Å². The third-order valence-electron chi connectivity index (χ3n) is 3.10. The van der Waals surface area contributed by atoms with Crippen LogP contribution in [-0.4, -0.2) is 16.1 Å². The van der Waals surface area contributed by atoms with Crippen molar-refractivity contribution < 1.29 is 4.79 Å². The fourth-order valence-electron chi connectivity index (χ4n) is 2.16. The monoisotopic (exact) mass is 236 g/mol. The second-order valence-electron chi connectivity index (χ2n) is 4.28. The van der Waals surface area contributed by atoms with Crippen LogP contribution in [0.25, 0.3) is 16.5 Å². The number of aromatic nitrogens is 2. The van der Waals surface area contributed by atoms with Gasteiger partial charge in [-0.3, -0.25) is 4.79 Å². The Morgan fingerprint density at radius 1 is 1.11 bits per heavy atom. The number of nitrogens with zero attached hydrogens (tertiary/aromatic N) is 2. The molecule has 0 aliphatic rings. The maximum Gasteiger partial charge on any atom is 0.153 e. The summed E-state index contributed by atoms with van der Waals surface area (Å²) in [5.74, 6) is 0. The fourth-order valence-corrected chi connectivity index (χ4v) is 2.16. The molecule has 0 radical (unpaired) electrons. The van der Waals surface area contributed by atoms with Crippen LogP contribution in [0, 0.1) is 6.92 Å². The van der Waals surface area contributed by atoms with Crippen molar-refractivity contribution in [3.63, 3.8) is 0 Å². The SMILES string of the molecule is Cc1ccc(-n2cc(C=O)cn2)c2ccccc12. The first kappa shape index (κ1) is 10.7. The molecule has 2 aromatic carbocycles. The van der Waals surface area contributed by atoms with Crippen LogP contribution in [0.4, 0.5) is 0 Å². The summed E-state index contributed by atoms with van der Waals surface area (Å²) >= 11 is 0. The van der Waals surface area contributed by atoms with E-state index in [1.165, 1.54) is 10.9 Å². The van der Waals surface area contributed by atoms with Gasteiger partial charge in [0, 0.05) is 11.6 Å². The Bertz CT molecular complexity index is 728. The zero-order valence-corrected chi connectivity index (χ0v) is 10.00. The van der Waals surface area contributed by atoms with Gasteiger partial charge in [0.05, 0.1) is 17.4 Å². The van der Waals surface area contributed by atoms with Crippen LogP contribution in [-0.2, 0) is 0 Å². The molecule has 0 amide bonds. The van der Waals surface area contributed by atoms with E-state index in [-0.39, 0.29) is 0 Å². The van der Waals surface area contributed by atoms with Gasteiger partial charge in [0.2, 0.25) is 0 Å². The van der Waals surface area contributed by atoms with Crippen LogP contribution in [0.15, 0.2) is 48.8 Å². The Kier molecular flexibility index (Phi) is 2.45. The van der Waals surface area contributed by atoms with Crippen LogP contribution in [0.5, 0.6) is 0 Å². The summed E-state index contributed by atoms with van der Waals surface area (Å²) in [5, 5.41) is 6.57. The second-order valence-corrected chi connectivity index (χ2v) is 4.28. The van der Waals surface area contributed by atoms with E-state index in [2.05, 4.69) is 30.2 Å². The van der Waals surface area contributed by atoms with Crippen molar-refractivity contribution in [1.29, 1.82) is 0 Å². The zero-order valence-electron chi connectivity index (χ0n) is 10.00. The van der Waals surface area contributed by atoms with Gasteiger partial charge in [0.15, 0.2) is 6.29 Å². The molecular formula is C15H12N2O. The predicted octanol–water partition coefficient (Wildman–Crippen LogP) is 3.15. The number of hydrogen-bond acceptors (Lipinski definition) is 2. The lowest BCUT2D eigenvalue weighted by atomic mass is 10.0. The number of fused-ring (bicyclic) bond motifs is 1. The molecule has 0 N–H and O–H groups in total. The third-order valence-corrected chi connectivity index (χ3v) is 3.10. The average Bonchev–Trinajstić information content (AvgIpc) is 2.88. The summed E-state index contributed by atoms with van der Waals surface area (Å²) in [6.07, 6.45) is 4.12. The molecule has 3 nitrogen and oxygen atoms in total. The Balaban J connectivity index is 2.29. The molecule has 0 bridgehead atoms. The molecule has 3 rings (SSSR count). The Labute approximate surface area is 105 Å². The van der Waals surface area contributed by atoms with E-state index in [1.807, 2.05) is 18.2 Å². The van der Waals surface area contributed by atoms with Gasteiger partial charge in [-0.05, 0) is 23.9 Å². The topological polar surface area (TPSA) is 34.9 Å². The Morgan fingerprint density at radius 2 is 1.89 bits per heavy atom. The normalized spacial score (nSPS) is 10.7. The molecule has 1 aromatic heterocycles. The van der Waals surface area contributed by atoms with Gasteiger partial charge >= 0.3 is 0 Å². The average molecular weight is 236 g/mol. The third kappa shape index (κ3) is 1.61. The minimum atomic E-state index is 0.583. The van der Waals surface area contributed by atoms with Crippen LogP contribution >= 0.6 is 0 Å². The Hall–Kier alpha value is -2.42. The lowest BCUT2D eigenvalue weighted by Gasteiger charge is -2.08. The highest BCUT2D eigenvalue weighted by Gasteiger charge is 2.06. The molecule has 0 aliphatic heterocycles. The first-order valence-corrected chi connectivity index (χ1v) is 5.78. The quantitative estimate of drug-likeness (QED) is 0.641. The Morgan fingerprint density at radius 3 is 2.61 bits per heavy atom. The highest BCUT2D eigenvalue weighted by molar-refractivity contribution is 5.92. The van der Waals surface area contributed by atoms with Crippen LogP contribution in [0.1, 0.15) is 15.9 Å². The maximum absolute atomic E-state index is 10.7. The predicted molar refractivity (Wildman–Crippen MR) is 71.2 cm³/mol. The number of hydrogen-bond donors (Lipinski definition) is 0. The molecule has 18 heavy (non-hydrogen) atoms. The maximum atomic E-state index is 10.7. The standard InChI is InChI=1S/C15H12N2O/c1-11-6-7-15(14-5-3-2-4-13(11)14)17-9-12(10-18)8-16-17/h2-10H,1H3. The first-order valence-electron chi connectivity index (χ1n) is 5.78. The second kappa shape index (κ2) is 4.11. The molecule has 0 fully saturated rings. The van der Waals surface area contributed by atoms with Gasteiger partial charge < -0.3 is 0 Å². The van der Waals surface area contributed by atoms with Gasteiger partial charge in [0.1, 0.15) is 0 Å². The summed E-state index contributed by atoms with van der Waals surface area (Å²) in [7, 11) is 0. The molecule has 1 heterocycles.